The van der Waals surface area contributed by atoms with Gasteiger partial charge in [0.25, 0.3) is 0 Å². The molecule has 1 heterocycles. The molecule has 0 spiro atoms. The molecule has 0 saturated carbocycles. The predicted molar refractivity (Wildman–Crippen MR) is 85.1 cm³/mol. The van der Waals surface area contributed by atoms with Crippen molar-refractivity contribution in [3.8, 4) is 5.75 Å². The van der Waals surface area contributed by atoms with Crippen LogP contribution in [-0.2, 0) is 6.42 Å². The molecule has 0 fully saturated rings. The van der Waals surface area contributed by atoms with E-state index in [1.807, 2.05) is 25.1 Å². The number of aromatic nitrogens is 1. The fourth-order valence-electron chi connectivity index (χ4n) is 2.02. The Bertz CT molecular complexity index is 404. The zero-order valence-corrected chi connectivity index (χ0v) is 12.9. The van der Waals surface area contributed by atoms with Crippen LogP contribution in [0.4, 0.5) is 0 Å². The number of unbranched alkanes of at least 4 members (excludes halogenated alkanes) is 3. The molecule has 0 aromatic carbocycles. The Kier molecular flexibility index (Phi) is 7.97. The molecule has 3 nitrogen and oxygen atoms in total. The third kappa shape index (κ3) is 6.20. The van der Waals surface area contributed by atoms with Crippen LogP contribution in [0.2, 0.25) is 0 Å². The number of ether oxygens (including phenoxy) is 1. The minimum atomic E-state index is 0.152. The maximum absolute atomic E-state index is 6.03. The highest BCUT2D eigenvalue weighted by Gasteiger charge is 2.10. The fourth-order valence-corrected chi connectivity index (χ4v) is 2.02. The van der Waals surface area contributed by atoms with Crippen molar-refractivity contribution in [2.24, 2.45) is 5.73 Å². The molecule has 0 aliphatic carbocycles. The van der Waals surface area contributed by atoms with Gasteiger partial charge in [0.15, 0.2) is 0 Å². The van der Waals surface area contributed by atoms with Crippen molar-refractivity contribution in [1.82, 2.24) is 4.98 Å². The van der Waals surface area contributed by atoms with E-state index in [2.05, 4.69) is 18.5 Å². The number of pyridine rings is 1. The number of allylic oxidation sites excluding steroid dienone is 1. The second kappa shape index (κ2) is 9.54. The third-order valence-corrected chi connectivity index (χ3v) is 3.36. The molecule has 1 aromatic rings. The van der Waals surface area contributed by atoms with Crippen LogP contribution in [0.25, 0.3) is 0 Å². The Hall–Kier alpha value is -1.35. The molecule has 0 aliphatic rings. The van der Waals surface area contributed by atoms with Gasteiger partial charge in [0, 0.05) is 18.2 Å². The van der Waals surface area contributed by atoms with Gasteiger partial charge in [0.2, 0.25) is 0 Å². The maximum Gasteiger partial charge on any atom is 0.140 e. The molecule has 1 rings (SSSR count). The number of hydrogen-bond acceptors (Lipinski definition) is 3. The average molecular weight is 276 g/mol. The van der Waals surface area contributed by atoms with Crippen molar-refractivity contribution in [2.45, 2.75) is 58.4 Å². The van der Waals surface area contributed by atoms with E-state index in [9.17, 15) is 0 Å². The van der Waals surface area contributed by atoms with E-state index in [1.165, 1.54) is 12.8 Å². The Balaban J connectivity index is 2.49. The van der Waals surface area contributed by atoms with Crippen LogP contribution in [0.3, 0.4) is 0 Å². The van der Waals surface area contributed by atoms with Crippen molar-refractivity contribution >= 4 is 0 Å². The SMILES string of the molecule is C=CCCCCCOc1ccc(C)nc1CC(N)CC. The lowest BCUT2D eigenvalue weighted by Crippen LogP contribution is -2.22. The standard InChI is InChI=1S/C17H28N2O/c1-4-6-7-8-9-12-20-17-11-10-14(3)19-16(17)13-15(18)5-2/h4,10-11,15H,1,5-9,12-13,18H2,2-3H3. The first kappa shape index (κ1) is 16.7. The zero-order valence-electron chi connectivity index (χ0n) is 12.9. The average Bonchev–Trinajstić information content (AvgIpc) is 2.44. The van der Waals surface area contributed by atoms with E-state index in [0.29, 0.717) is 0 Å². The molecular weight excluding hydrogens is 248 g/mol. The summed E-state index contributed by atoms with van der Waals surface area (Å²) in [6, 6.07) is 4.16. The largest absolute Gasteiger partial charge is 0.492 e. The molecule has 1 atom stereocenters. The zero-order chi connectivity index (χ0) is 14.8. The highest BCUT2D eigenvalue weighted by atomic mass is 16.5. The van der Waals surface area contributed by atoms with E-state index in [-0.39, 0.29) is 6.04 Å². The summed E-state index contributed by atoms with van der Waals surface area (Å²) in [6.45, 7) is 8.57. The van der Waals surface area contributed by atoms with Crippen LogP contribution in [0, 0.1) is 6.92 Å². The molecule has 0 saturated heterocycles. The van der Waals surface area contributed by atoms with E-state index in [0.717, 1.165) is 49.4 Å². The Labute approximate surface area is 123 Å². The van der Waals surface area contributed by atoms with E-state index in [4.69, 9.17) is 10.5 Å². The molecule has 2 N–H and O–H groups in total. The highest BCUT2D eigenvalue weighted by molar-refractivity contribution is 5.30. The van der Waals surface area contributed by atoms with Crippen molar-refractivity contribution < 1.29 is 4.74 Å². The predicted octanol–water partition coefficient (Wildman–Crippen LogP) is 3.80. The van der Waals surface area contributed by atoms with Crippen molar-refractivity contribution in [3.05, 3.63) is 36.2 Å². The second-order valence-electron chi connectivity index (χ2n) is 5.26. The molecule has 0 bridgehead atoms. The van der Waals surface area contributed by atoms with Gasteiger partial charge in [-0.1, -0.05) is 13.0 Å². The van der Waals surface area contributed by atoms with Crippen LogP contribution in [-0.4, -0.2) is 17.6 Å². The van der Waals surface area contributed by atoms with Gasteiger partial charge in [-0.15, -0.1) is 6.58 Å². The summed E-state index contributed by atoms with van der Waals surface area (Å²) in [7, 11) is 0. The molecule has 0 amide bonds. The Morgan fingerprint density at radius 3 is 2.85 bits per heavy atom. The number of aryl methyl sites for hydroxylation is 1. The lowest BCUT2D eigenvalue weighted by Gasteiger charge is -2.14. The minimum Gasteiger partial charge on any atom is -0.492 e. The molecule has 3 heteroatoms. The topological polar surface area (TPSA) is 48.1 Å². The lowest BCUT2D eigenvalue weighted by molar-refractivity contribution is 0.300. The minimum absolute atomic E-state index is 0.152. The fraction of sp³-hybridized carbons (Fsp3) is 0.588. The van der Waals surface area contributed by atoms with Gasteiger partial charge >= 0.3 is 0 Å². The first-order valence-electron chi connectivity index (χ1n) is 7.63. The van der Waals surface area contributed by atoms with Gasteiger partial charge in [-0.3, -0.25) is 4.98 Å². The summed E-state index contributed by atoms with van der Waals surface area (Å²) in [5, 5.41) is 0. The number of nitrogens with zero attached hydrogens (tertiary/aromatic N) is 1. The quantitative estimate of drug-likeness (QED) is 0.522. The van der Waals surface area contributed by atoms with Crippen molar-refractivity contribution in [3.63, 3.8) is 0 Å². The molecule has 0 aliphatic heterocycles. The molecule has 0 radical (unpaired) electrons. The van der Waals surface area contributed by atoms with Gasteiger partial charge < -0.3 is 10.5 Å². The molecular formula is C17H28N2O. The molecule has 1 aromatic heterocycles. The number of nitrogens with two attached hydrogens (primary N) is 1. The monoisotopic (exact) mass is 276 g/mol. The van der Waals surface area contributed by atoms with Gasteiger partial charge in [0.1, 0.15) is 5.75 Å². The third-order valence-electron chi connectivity index (χ3n) is 3.36. The maximum atomic E-state index is 6.03. The van der Waals surface area contributed by atoms with Crippen LogP contribution in [0.1, 0.15) is 50.4 Å². The van der Waals surface area contributed by atoms with Gasteiger partial charge in [0.05, 0.1) is 12.3 Å². The highest BCUT2D eigenvalue weighted by Crippen LogP contribution is 2.19. The first-order chi connectivity index (χ1) is 9.67. The number of hydrogen-bond donors (Lipinski definition) is 1. The van der Waals surface area contributed by atoms with Crippen LogP contribution in [0.15, 0.2) is 24.8 Å². The van der Waals surface area contributed by atoms with Gasteiger partial charge in [-0.05, 0) is 51.2 Å². The smallest absolute Gasteiger partial charge is 0.140 e. The Morgan fingerprint density at radius 2 is 2.15 bits per heavy atom. The molecule has 20 heavy (non-hydrogen) atoms. The van der Waals surface area contributed by atoms with Crippen molar-refractivity contribution in [2.75, 3.05) is 6.61 Å². The van der Waals surface area contributed by atoms with Crippen LogP contribution in [0.5, 0.6) is 5.75 Å². The van der Waals surface area contributed by atoms with Gasteiger partial charge in [-0.25, -0.2) is 0 Å². The Morgan fingerprint density at radius 1 is 1.35 bits per heavy atom. The van der Waals surface area contributed by atoms with Gasteiger partial charge in [-0.2, -0.15) is 0 Å². The summed E-state index contributed by atoms with van der Waals surface area (Å²) in [5.41, 5.74) is 8.04. The van der Waals surface area contributed by atoms with Crippen LogP contribution >= 0.6 is 0 Å². The molecule has 1 unspecified atom stereocenters. The summed E-state index contributed by atoms with van der Waals surface area (Å²) >= 11 is 0. The van der Waals surface area contributed by atoms with Crippen molar-refractivity contribution in [1.29, 1.82) is 0 Å². The molecule has 112 valence electrons. The lowest BCUT2D eigenvalue weighted by atomic mass is 10.1. The van der Waals surface area contributed by atoms with E-state index in [1.54, 1.807) is 0 Å². The van der Waals surface area contributed by atoms with E-state index < -0.39 is 0 Å². The van der Waals surface area contributed by atoms with Crippen LogP contribution < -0.4 is 10.5 Å². The summed E-state index contributed by atoms with van der Waals surface area (Å²) < 4.78 is 5.87. The summed E-state index contributed by atoms with van der Waals surface area (Å²) in [5.74, 6) is 0.892. The summed E-state index contributed by atoms with van der Waals surface area (Å²) in [4.78, 5) is 4.57. The first-order valence-corrected chi connectivity index (χ1v) is 7.63. The normalized spacial score (nSPS) is 12.2. The second-order valence-corrected chi connectivity index (χ2v) is 5.26. The number of rotatable bonds is 10. The summed E-state index contributed by atoms with van der Waals surface area (Å²) in [6.07, 6.45) is 8.22. The van der Waals surface area contributed by atoms with E-state index >= 15 is 0 Å².